The normalized spacial score (nSPS) is 24.2. The average Bonchev–Trinajstić information content (AvgIpc) is 1.80. The number of aliphatic hydroxyl groups is 1. The fourth-order valence-corrected chi connectivity index (χ4v) is 18.3. The van der Waals surface area contributed by atoms with E-state index in [9.17, 15) is 58.5 Å². The molecule has 45 heteroatoms. The molecular formula is C90H124N22O21S2. The van der Waals surface area contributed by atoms with Crippen LogP contribution in [-0.4, -0.2) is 325 Å². The van der Waals surface area contributed by atoms with Crippen LogP contribution >= 0.6 is 23.1 Å². The molecule has 135 heavy (non-hydrogen) atoms. The molecule has 3 fully saturated rings. The second kappa shape index (κ2) is 50.7. The second-order valence-corrected chi connectivity index (χ2v) is 36.2. The minimum Gasteiger partial charge on any atom is -0.508 e. The molecule has 3 aliphatic heterocycles. The zero-order valence-electron chi connectivity index (χ0n) is 76.7. The number of H-pyrrole nitrogens is 2. The van der Waals surface area contributed by atoms with E-state index in [1.807, 2.05) is 25.1 Å². The second-order valence-electron chi connectivity index (χ2n) is 34.2. The van der Waals surface area contributed by atoms with Crippen LogP contribution in [-0.2, 0) is 112 Å². The average molecular weight is 1910 g/mol. The number of phenols is 1. The number of carbonyl (C=O) groups is 17. The van der Waals surface area contributed by atoms with Crippen molar-refractivity contribution in [1.82, 2.24) is 97.9 Å². The van der Waals surface area contributed by atoms with Crippen molar-refractivity contribution in [3.63, 3.8) is 0 Å². The van der Waals surface area contributed by atoms with E-state index in [1.54, 1.807) is 55.8 Å². The van der Waals surface area contributed by atoms with Gasteiger partial charge in [-0.3, -0.25) is 86.9 Å². The molecule has 3 aromatic heterocycles. The number of hydrogen-bond acceptors (Lipinski definition) is 24. The number of ether oxygens (including phenoxy) is 1. The number of carboxylic acids is 1. The van der Waals surface area contributed by atoms with E-state index in [2.05, 4.69) is 73.4 Å². The quantitative estimate of drug-likeness (QED) is 0.0163. The number of hydrogen-bond donors (Lipinski definition) is 19. The molecule has 0 spiro atoms. The van der Waals surface area contributed by atoms with Crippen molar-refractivity contribution >= 4 is 151 Å². The summed E-state index contributed by atoms with van der Waals surface area (Å²) in [5.74, 6) is -18.4. The number of phenolic OH excluding ortho intramolecular Hbond substituents is 1. The van der Waals surface area contributed by atoms with Gasteiger partial charge in [-0.1, -0.05) is 82.1 Å². The Bertz CT molecular complexity index is 5210. The first-order valence-corrected chi connectivity index (χ1v) is 46.9. The van der Waals surface area contributed by atoms with E-state index < -0.39 is 222 Å². The van der Waals surface area contributed by atoms with E-state index in [1.165, 1.54) is 88.2 Å². The van der Waals surface area contributed by atoms with Crippen LogP contribution in [0, 0.1) is 11.3 Å². The number of carboxylic acid groups (broad SMARTS) is 1. The molecule has 6 aromatic rings. The van der Waals surface area contributed by atoms with Gasteiger partial charge in [0.1, 0.15) is 90.3 Å². The van der Waals surface area contributed by atoms with Crippen molar-refractivity contribution < 1.29 is 102 Å². The number of nitrogens with one attached hydrogen (secondary N) is 14. The van der Waals surface area contributed by atoms with Gasteiger partial charge in [-0.15, -0.1) is 23.1 Å². The number of thiophene rings is 1. The summed E-state index contributed by atoms with van der Waals surface area (Å²) >= 11 is 2.09. The highest BCUT2D eigenvalue weighted by Crippen LogP contribution is 2.30. The van der Waals surface area contributed by atoms with E-state index >= 15 is 38.4 Å². The zero-order chi connectivity index (χ0) is 98.4. The number of para-hydroxylation sites is 1. The number of aromatic nitrogens is 3. The van der Waals surface area contributed by atoms with E-state index in [0.717, 1.165) is 36.1 Å². The summed E-state index contributed by atoms with van der Waals surface area (Å²) in [7, 11) is 5.17. The van der Waals surface area contributed by atoms with Gasteiger partial charge < -0.3 is 124 Å². The van der Waals surface area contributed by atoms with Gasteiger partial charge in [0.15, 0.2) is 5.96 Å². The molecule has 0 aliphatic carbocycles. The number of aliphatic carboxylic acids is 1. The van der Waals surface area contributed by atoms with Crippen molar-refractivity contribution in [2.75, 3.05) is 79.2 Å². The standard InChI is InChI=1S/C90H124N22O21S2/c1-9-10-22-68-82(125)100-59(21-15-31-95-90(92)93)78(121)107-67(77(120)97-43-73(91)115)46-134-47-74(116)99-63(36-51-26-28-55(114)29-27-51)85(128)108(5)50(4)76(119)103-65(40-75(117)118)88(131)112-33-17-24-70(112)84(127)102-61(39-54-42-94-48-98-54)80(123)104-62(35-49(2)3)87(130)111-32-16-23-69(111)83(126)101-60(37-52-41-96-58-20-13-11-18-56(52)58)79(122)106-66(44-113)81(124)105-64(38-53-45-135-72-25-14-12-19-57(53)72)86(129)110(7)71(30-34-133-8)89(132)109(68)6/h11-14,18-20,25-29,41-42,45,48-50,59-71,96,113-114H,9-10,15-17,21-24,30-40,43-44,46-47H2,1-8H3,(H2,91,115)(H,94,98)(H,97,120)(H,99,116)(H,100,125)(H,101,126)(H,102,127)(H,103,119)(H,104,123)(H,105,124)(H,106,122)(H,107,121)(H,117,118)(H4,92,93,95)/t50-,59-,60-,61-,62-,63-,64-,65-,66-,67?,68-,69-,70-,71-/m0/s1. The number of methoxy groups -OCH3 is 1. The summed E-state index contributed by atoms with van der Waals surface area (Å²) in [5.41, 5.74) is 13.5. The van der Waals surface area contributed by atoms with Crippen LogP contribution in [0.3, 0.4) is 0 Å². The highest BCUT2D eigenvalue weighted by atomic mass is 32.2. The smallest absolute Gasteiger partial charge is 0.305 e. The number of unbranched alkanes of at least 4 members (excludes halogenated alkanes) is 1. The van der Waals surface area contributed by atoms with Crippen LogP contribution in [0.15, 0.2) is 96.9 Å². The molecule has 9 rings (SSSR count). The molecule has 14 atom stereocenters. The number of imidazole rings is 1. The number of likely N-dealkylation sites (N-methyl/N-ethyl adjacent to an activating group) is 3. The lowest BCUT2D eigenvalue weighted by molar-refractivity contribution is -0.150. The Balaban J connectivity index is 1.10. The van der Waals surface area contributed by atoms with Crippen molar-refractivity contribution in [2.45, 2.75) is 215 Å². The van der Waals surface area contributed by atoms with Gasteiger partial charge in [0.25, 0.3) is 0 Å². The van der Waals surface area contributed by atoms with Crippen molar-refractivity contribution in [3.05, 3.63) is 119 Å². The number of rotatable bonds is 26. The van der Waals surface area contributed by atoms with Gasteiger partial charge in [-0.05, 0) is 116 Å². The molecule has 16 amide bonds. The molecule has 732 valence electrons. The number of benzene rings is 3. The molecule has 21 N–H and O–H groups in total. The molecule has 0 saturated carbocycles. The molecule has 3 aliphatic rings. The Labute approximate surface area is 788 Å². The van der Waals surface area contributed by atoms with Crippen LogP contribution in [0.5, 0.6) is 5.75 Å². The number of aliphatic hydroxyl groups excluding tert-OH is 1. The van der Waals surface area contributed by atoms with Gasteiger partial charge in [0.2, 0.25) is 94.5 Å². The third-order valence-corrected chi connectivity index (χ3v) is 26.0. The van der Waals surface area contributed by atoms with E-state index in [4.69, 9.17) is 21.6 Å². The molecule has 1 unspecified atom stereocenters. The molecular weight excluding hydrogens is 1790 g/mol. The Morgan fingerprint density at radius 2 is 1.16 bits per heavy atom. The molecule has 0 bridgehead atoms. The number of primary amides is 1. The molecule has 6 heterocycles. The highest BCUT2D eigenvalue weighted by Gasteiger charge is 2.46. The Kier molecular flexibility index (Phi) is 39.6. The van der Waals surface area contributed by atoms with Crippen LogP contribution in [0.1, 0.15) is 127 Å². The van der Waals surface area contributed by atoms with Crippen LogP contribution in [0.2, 0.25) is 0 Å². The highest BCUT2D eigenvalue weighted by molar-refractivity contribution is 8.00. The van der Waals surface area contributed by atoms with Crippen molar-refractivity contribution in [3.8, 4) is 5.75 Å². The third kappa shape index (κ3) is 29.6. The third-order valence-electron chi connectivity index (χ3n) is 23.9. The lowest BCUT2D eigenvalue weighted by Crippen LogP contribution is -2.62. The zero-order valence-corrected chi connectivity index (χ0v) is 78.3. The van der Waals surface area contributed by atoms with Gasteiger partial charge in [-0.25, -0.2) is 4.98 Å². The summed E-state index contributed by atoms with van der Waals surface area (Å²) in [4.78, 5) is 266. The summed E-state index contributed by atoms with van der Waals surface area (Å²) < 4.78 is 6.32. The summed E-state index contributed by atoms with van der Waals surface area (Å²) in [6.07, 6.45) is 3.00. The predicted octanol–water partition coefficient (Wildman–Crippen LogP) is -1.72. The Hall–Kier alpha value is -13.3. The summed E-state index contributed by atoms with van der Waals surface area (Å²) in [5, 5.41) is 71.8. The number of aromatic hydroxyl groups is 1. The number of nitrogens with two attached hydrogens (primary N) is 2. The Morgan fingerprint density at radius 3 is 1.79 bits per heavy atom. The maximum Gasteiger partial charge on any atom is 0.305 e. The number of aromatic amines is 2. The number of amides is 16. The fourth-order valence-electron chi connectivity index (χ4n) is 16.5. The number of thioether (sulfide) groups is 1. The Morgan fingerprint density at radius 1 is 0.593 bits per heavy atom. The van der Waals surface area contributed by atoms with Crippen LogP contribution < -0.4 is 70.0 Å². The molecule has 3 saturated heterocycles. The fraction of sp³-hybridized carbons (Fsp3) is 0.522. The maximum atomic E-state index is 15.7. The first-order chi connectivity index (χ1) is 64.4. The number of fused-ring (bicyclic) bond motifs is 4. The van der Waals surface area contributed by atoms with Gasteiger partial charge >= 0.3 is 5.97 Å². The molecule has 43 nitrogen and oxygen atoms in total. The first kappa shape index (κ1) is 105. The predicted molar refractivity (Wildman–Crippen MR) is 497 cm³/mol. The van der Waals surface area contributed by atoms with E-state index in [0.29, 0.717) is 51.5 Å². The van der Waals surface area contributed by atoms with Gasteiger partial charge in [0.05, 0.1) is 31.7 Å². The van der Waals surface area contributed by atoms with E-state index in [-0.39, 0.29) is 121 Å². The van der Waals surface area contributed by atoms with Gasteiger partial charge in [-0.2, -0.15) is 0 Å². The molecule has 3 aromatic carbocycles. The van der Waals surface area contributed by atoms with Crippen LogP contribution in [0.4, 0.5) is 0 Å². The number of guanidine groups is 1. The monoisotopic (exact) mass is 1910 g/mol. The van der Waals surface area contributed by atoms with Crippen molar-refractivity contribution in [2.24, 2.45) is 17.4 Å². The SMILES string of the molecule is CCCC[C@H]1C(=O)N[C@@H](CCCNC(=N)N)C(=O)NC(C(=O)NCC(N)=O)CSCC(=O)N[C@@H](Cc2ccc(O)cc2)C(=O)N(C)[C@@H](C)C(=O)N[C@@H](CC(=O)O)C(=O)N2CCC[C@H]2C(=O)N[C@@H](Cc2cnc[nH]2)C(=O)N[C@@H](CC(C)C)C(=O)N2CCC[C@H]2C(=O)N[C@@H](Cc2c[nH]c3ccccc23)C(=O)N[C@@H](CO)C(=O)N[C@@H](Cc2csc3ccccc23)C(=O)N(C)[C@@H](CCOC)C(=O)N1C. The topological polar surface area (TPSA) is 629 Å². The van der Waals surface area contributed by atoms with Crippen LogP contribution in [0.25, 0.3) is 21.0 Å². The maximum absolute atomic E-state index is 15.7. The lowest BCUT2D eigenvalue weighted by Gasteiger charge is -2.36. The summed E-state index contributed by atoms with van der Waals surface area (Å²) in [6, 6.07) is -1.87. The number of carbonyl (C=O) groups excluding carboxylic acids is 16. The summed E-state index contributed by atoms with van der Waals surface area (Å²) in [6.45, 7) is 4.48. The minimum absolute atomic E-state index is 0.0170. The largest absolute Gasteiger partial charge is 0.508 e. The number of nitrogens with zero attached hydrogens (tertiary/aromatic N) is 6. The molecule has 0 radical (unpaired) electrons. The first-order valence-electron chi connectivity index (χ1n) is 44.8. The van der Waals surface area contributed by atoms with Crippen molar-refractivity contribution in [1.29, 1.82) is 5.41 Å². The van der Waals surface area contributed by atoms with Gasteiger partial charge in [0, 0.05) is 126 Å². The minimum atomic E-state index is -1.89. The lowest BCUT2D eigenvalue weighted by atomic mass is 10.0.